The van der Waals surface area contributed by atoms with Crippen LogP contribution in [0.25, 0.3) is 11.4 Å². The standard InChI is InChI=1S/C10H12N6O/c1-6-3-7(9-13-14-15-16(9)2)5-8(4-6)12-10(11)17/h3-5H,1-2H3,(H3,11,12,17). The van der Waals surface area contributed by atoms with Gasteiger partial charge in [0.15, 0.2) is 5.82 Å². The largest absolute Gasteiger partial charge is 0.351 e. The fraction of sp³-hybridized carbons (Fsp3) is 0.200. The number of nitrogens with one attached hydrogen (secondary N) is 1. The van der Waals surface area contributed by atoms with E-state index in [1.807, 2.05) is 19.1 Å². The Balaban J connectivity index is 2.45. The molecule has 0 radical (unpaired) electrons. The third-order valence-corrected chi connectivity index (χ3v) is 2.22. The van der Waals surface area contributed by atoms with Gasteiger partial charge in [-0.25, -0.2) is 9.48 Å². The van der Waals surface area contributed by atoms with Crippen LogP contribution in [-0.4, -0.2) is 26.2 Å². The Hall–Kier alpha value is -2.44. The molecule has 0 aliphatic heterocycles. The van der Waals surface area contributed by atoms with Gasteiger partial charge in [0.2, 0.25) is 0 Å². The van der Waals surface area contributed by atoms with Crippen LogP contribution in [0.2, 0.25) is 0 Å². The number of primary amides is 1. The minimum atomic E-state index is -0.599. The molecule has 0 saturated heterocycles. The summed E-state index contributed by atoms with van der Waals surface area (Å²) in [6.07, 6.45) is 0. The van der Waals surface area contributed by atoms with Gasteiger partial charge in [0.1, 0.15) is 0 Å². The molecule has 0 atom stereocenters. The van der Waals surface area contributed by atoms with Gasteiger partial charge in [-0.15, -0.1) is 5.10 Å². The van der Waals surface area contributed by atoms with Crippen LogP contribution in [0.4, 0.5) is 10.5 Å². The molecule has 1 aromatic heterocycles. The van der Waals surface area contributed by atoms with Gasteiger partial charge in [-0.3, -0.25) is 0 Å². The van der Waals surface area contributed by atoms with Crippen molar-refractivity contribution in [1.82, 2.24) is 20.2 Å². The summed E-state index contributed by atoms with van der Waals surface area (Å²) in [7, 11) is 1.75. The van der Waals surface area contributed by atoms with Crippen LogP contribution in [0.1, 0.15) is 5.56 Å². The number of urea groups is 1. The van der Waals surface area contributed by atoms with Crippen molar-refractivity contribution in [3.05, 3.63) is 23.8 Å². The van der Waals surface area contributed by atoms with Crippen LogP contribution in [0, 0.1) is 6.92 Å². The number of amides is 2. The summed E-state index contributed by atoms with van der Waals surface area (Å²) in [5, 5.41) is 13.8. The van der Waals surface area contributed by atoms with Crippen LogP contribution in [-0.2, 0) is 7.05 Å². The second-order valence-corrected chi connectivity index (χ2v) is 3.70. The number of nitrogens with zero attached hydrogens (tertiary/aromatic N) is 4. The maximum absolute atomic E-state index is 10.8. The van der Waals surface area contributed by atoms with Gasteiger partial charge < -0.3 is 11.1 Å². The molecule has 2 aromatic rings. The maximum atomic E-state index is 10.8. The van der Waals surface area contributed by atoms with Crippen LogP contribution in [0.15, 0.2) is 18.2 Å². The summed E-state index contributed by atoms with van der Waals surface area (Å²) in [5.41, 5.74) is 7.50. The SMILES string of the molecule is Cc1cc(NC(N)=O)cc(-c2nnnn2C)c1. The molecule has 0 bridgehead atoms. The highest BCUT2D eigenvalue weighted by Gasteiger charge is 2.08. The summed E-state index contributed by atoms with van der Waals surface area (Å²) in [4.78, 5) is 10.8. The molecule has 0 unspecified atom stereocenters. The lowest BCUT2D eigenvalue weighted by molar-refractivity contribution is 0.259. The van der Waals surface area contributed by atoms with E-state index in [1.54, 1.807) is 17.8 Å². The number of hydrogen-bond acceptors (Lipinski definition) is 4. The summed E-state index contributed by atoms with van der Waals surface area (Å²) >= 11 is 0. The van der Waals surface area contributed by atoms with Crippen LogP contribution < -0.4 is 11.1 Å². The number of aromatic nitrogens is 4. The predicted octanol–water partition coefficient (Wildman–Crippen LogP) is 0.676. The molecular weight excluding hydrogens is 220 g/mol. The third-order valence-electron chi connectivity index (χ3n) is 2.22. The monoisotopic (exact) mass is 232 g/mol. The number of anilines is 1. The molecule has 88 valence electrons. The van der Waals surface area contributed by atoms with Gasteiger partial charge in [-0.05, 0) is 41.1 Å². The topological polar surface area (TPSA) is 98.7 Å². The average Bonchev–Trinajstić information content (AvgIpc) is 2.62. The number of carbonyl (C=O) groups excluding carboxylic acids is 1. The molecule has 0 aliphatic rings. The van der Waals surface area contributed by atoms with Crippen molar-refractivity contribution in [2.75, 3.05) is 5.32 Å². The first-order valence-electron chi connectivity index (χ1n) is 4.97. The number of tetrazole rings is 1. The zero-order valence-electron chi connectivity index (χ0n) is 9.51. The second kappa shape index (κ2) is 4.20. The molecular formula is C10H12N6O. The molecule has 0 aliphatic carbocycles. The average molecular weight is 232 g/mol. The Morgan fingerprint density at radius 2 is 2.18 bits per heavy atom. The molecule has 2 rings (SSSR count). The number of carbonyl (C=O) groups is 1. The Morgan fingerprint density at radius 1 is 1.41 bits per heavy atom. The molecule has 17 heavy (non-hydrogen) atoms. The molecule has 1 aromatic carbocycles. The van der Waals surface area contributed by atoms with Crippen molar-refractivity contribution in [1.29, 1.82) is 0 Å². The lowest BCUT2D eigenvalue weighted by Crippen LogP contribution is -2.19. The van der Waals surface area contributed by atoms with Gasteiger partial charge in [0, 0.05) is 18.3 Å². The van der Waals surface area contributed by atoms with Gasteiger partial charge in [0.05, 0.1) is 0 Å². The van der Waals surface area contributed by atoms with E-state index < -0.39 is 6.03 Å². The second-order valence-electron chi connectivity index (χ2n) is 3.70. The Morgan fingerprint density at radius 3 is 2.76 bits per heavy atom. The third kappa shape index (κ3) is 2.39. The number of nitrogens with two attached hydrogens (primary N) is 1. The van der Waals surface area contributed by atoms with Gasteiger partial charge in [0.25, 0.3) is 0 Å². The minimum absolute atomic E-state index is 0.599. The van der Waals surface area contributed by atoms with E-state index in [1.165, 1.54) is 0 Å². The molecule has 0 fully saturated rings. The molecule has 2 amide bonds. The molecule has 7 nitrogen and oxygen atoms in total. The van der Waals surface area contributed by atoms with Crippen molar-refractivity contribution >= 4 is 11.7 Å². The summed E-state index contributed by atoms with van der Waals surface area (Å²) in [5.74, 6) is 0.626. The first kappa shape index (κ1) is 11.1. The van der Waals surface area contributed by atoms with Crippen molar-refractivity contribution < 1.29 is 4.79 Å². The molecule has 3 N–H and O–H groups in total. The maximum Gasteiger partial charge on any atom is 0.316 e. The highest BCUT2D eigenvalue weighted by atomic mass is 16.2. The Labute approximate surface area is 97.6 Å². The number of rotatable bonds is 2. The molecule has 1 heterocycles. The number of benzene rings is 1. The van der Waals surface area contributed by atoms with Crippen LogP contribution >= 0.6 is 0 Å². The normalized spacial score (nSPS) is 10.2. The van der Waals surface area contributed by atoms with Crippen LogP contribution in [0.3, 0.4) is 0 Å². The lowest BCUT2D eigenvalue weighted by Gasteiger charge is -2.06. The van der Waals surface area contributed by atoms with Crippen LogP contribution in [0.5, 0.6) is 0 Å². The Kier molecular flexibility index (Phi) is 2.73. The number of hydrogen-bond donors (Lipinski definition) is 2. The molecule has 0 spiro atoms. The molecule has 7 heteroatoms. The van der Waals surface area contributed by atoms with Crippen molar-refractivity contribution in [2.24, 2.45) is 12.8 Å². The smallest absolute Gasteiger partial charge is 0.316 e. The fourth-order valence-corrected chi connectivity index (χ4v) is 1.60. The first-order valence-corrected chi connectivity index (χ1v) is 4.97. The Bertz CT molecular complexity index is 562. The van der Waals surface area contributed by atoms with E-state index in [2.05, 4.69) is 20.8 Å². The predicted molar refractivity (Wildman–Crippen MR) is 62.2 cm³/mol. The highest BCUT2D eigenvalue weighted by Crippen LogP contribution is 2.22. The van der Waals surface area contributed by atoms with Gasteiger partial charge in [-0.2, -0.15) is 0 Å². The van der Waals surface area contributed by atoms with E-state index >= 15 is 0 Å². The van der Waals surface area contributed by atoms with E-state index in [0.717, 1.165) is 11.1 Å². The van der Waals surface area contributed by atoms with Crippen molar-refractivity contribution in [3.63, 3.8) is 0 Å². The fourth-order valence-electron chi connectivity index (χ4n) is 1.60. The van der Waals surface area contributed by atoms with Gasteiger partial charge in [-0.1, -0.05) is 0 Å². The number of aryl methyl sites for hydroxylation is 2. The summed E-state index contributed by atoms with van der Waals surface area (Å²) in [6, 6.07) is 4.91. The zero-order valence-corrected chi connectivity index (χ0v) is 9.51. The van der Waals surface area contributed by atoms with Crippen molar-refractivity contribution in [2.45, 2.75) is 6.92 Å². The summed E-state index contributed by atoms with van der Waals surface area (Å²) in [6.45, 7) is 1.92. The highest BCUT2D eigenvalue weighted by molar-refractivity contribution is 5.88. The summed E-state index contributed by atoms with van der Waals surface area (Å²) < 4.78 is 1.56. The quantitative estimate of drug-likeness (QED) is 0.795. The van der Waals surface area contributed by atoms with E-state index in [-0.39, 0.29) is 0 Å². The minimum Gasteiger partial charge on any atom is -0.351 e. The zero-order chi connectivity index (χ0) is 12.4. The van der Waals surface area contributed by atoms with Gasteiger partial charge >= 0.3 is 6.03 Å². The lowest BCUT2D eigenvalue weighted by atomic mass is 10.1. The first-order chi connectivity index (χ1) is 8.06. The van der Waals surface area contributed by atoms with E-state index in [0.29, 0.717) is 11.5 Å². The van der Waals surface area contributed by atoms with Crippen molar-refractivity contribution in [3.8, 4) is 11.4 Å². The van der Waals surface area contributed by atoms with E-state index in [9.17, 15) is 4.79 Å². The van der Waals surface area contributed by atoms with E-state index in [4.69, 9.17) is 5.73 Å². The molecule has 0 saturated carbocycles.